The highest BCUT2D eigenvalue weighted by Crippen LogP contribution is 2.21. The van der Waals surface area contributed by atoms with E-state index in [1.54, 1.807) is 0 Å². The quantitative estimate of drug-likeness (QED) is 0.706. The molecule has 2 rings (SSSR count). The molecule has 1 unspecified atom stereocenters. The Morgan fingerprint density at radius 2 is 2.20 bits per heavy atom. The smallest absolute Gasteiger partial charge is 0.307 e. The Labute approximate surface area is 90.3 Å². The van der Waals surface area contributed by atoms with Crippen LogP contribution < -0.4 is 5.32 Å². The van der Waals surface area contributed by atoms with Crippen molar-refractivity contribution in [3.63, 3.8) is 0 Å². The van der Waals surface area contributed by atoms with Gasteiger partial charge in [-0.15, -0.1) is 0 Å². The third-order valence-corrected chi connectivity index (χ3v) is 3.01. The second-order valence-electron chi connectivity index (χ2n) is 4.33. The van der Waals surface area contributed by atoms with Crippen molar-refractivity contribution in [1.82, 2.24) is 5.32 Å². The van der Waals surface area contributed by atoms with Crippen molar-refractivity contribution in [3.8, 4) is 0 Å². The van der Waals surface area contributed by atoms with Crippen LogP contribution in [0.3, 0.4) is 0 Å². The van der Waals surface area contributed by atoms with Gasteiger partial charge < -0.3 is 14.8 Å². The van der Waals surface area contributed by atoms with Crippen molar-refractivity contribution in [2.45, 2.75) is 44.2 Å². The molecule has 0 aromatic carbocycles. The minimum Gasteiger partial charge on any atom is -0.462 e. The summed E-state index contributed by atoms with van der Waals surface area (Å²) in [6, 6.07) is 0.146. The van der Waals surface area contributed by atoms with Gasteiger partial charge in [-0.25, -0.2) is 0 Å². The summed E-state index contributed by atoms with van der Waals surface area (Å²) in [5.74, 6) is -0.0788. The largest absolute Gasteiger partial charge is 0.462 e. The van der Waals surface area contributed by atoms with E-state index in [0.29, 0.717) is 13.0 Å². The van der Waals surface area contributed by atoms with Crippen LogP contribution in [0, 0.1) is 0 Å². The number of nitrogens with one attached hydrogen (secondary N) is 1. The molecule has 2 aliphatic rings. The molecule has 0 radical (unpaired) electrons. The molecule has 1 heterocycles. The molecule has 2 fully saturated rings. The SMILES string of the molecule is O=C(CC1COCCN1)OC1CCCC1. The molecule has 1 N–H and O–H groups in total. The first-order chi connectivity index (χ1) is 7.34. The summed E-state index contributed by atoms with van der Waals surface area (Å²) in [7, 11) is 0. The van der Waals surface area contributed by atoms with E-state index in [1.165, 1.54) is 12.8 Å². The number of esters is 1. The maximum atomic E-state index is 11.5. The van der Waals surface area contributed by atoms with E-state index in [0.717, 1.165) is 26.0 Å². The van der Waals surface area contributed by atoms with Crippen LogP contribution >= 0.6 is 0 Å². The number of morpholine rings is 1. The molecule has 1 aliphatic carbocycles. The van der Waals surface area contributed by atoms with Crippen molar-refractivity contribution in [2.24, 2.45) is 0 Å². The fourth-order valence-corrected chi connectivity index (χ4v) is 2.19. The van der Waals surface area contributed by atoms with E-state index in [1.807, 2.05) is 0 Å². The molecule has 0 bridgehead atoms. The lowest BCUT2D eigenvalue weighted by Gasteiger charge is -2.23. The van der Waals surface area contributed by atoms with Crippen LogP contribution in [0.15, 0.2) is 0 Å². The highest BCUT2D eigenvalue weighted by atomic mass is 16.5. The molecule has 86 valence electrons. The first-order valence-electron chi connectivity index (χ1n) is 5.85. The van der Waals surface area contributed by atoms with E-state index in [9.17, 15) is 4.79 Å². The number of hydrogen-bond acceptors (Lipinski definition) is 4. The van der Waals surface area contributed by atoms with Gasteiger partial charge in [-0.3, -0.25) is 4.79 Å². The zero-order valence-electron chi connectivity index (χ0n) is 9.04. The summed E-state index contributed by atoms with van der Waals surface area (Å²) >= 11 is 0. The van der Waals surface area contributed by atoms with E-state index in [4.69, 9.17) is 9.47 Å². The van der Waals surface area contributed by atoms with Crippen LogP contribution in [0.5, 0.6) is 0 Å². The van der Waals surface area contributed by atoms with Gasteiger partial charge >= 0.3 is 5.97 Å². The van der Waals surface area contributed by atoms with Crippen LogP contribution in [0.25, 0.3) is 0 Å². The Hall–Kier alpha value is -0.610. The maximum Gasteiger partial charge on any atom is 0.307 e. The Morgan fingerprint density at radius 3 is 2.87 bits per heavy atom. The molecule has 15 heavy (non-hydrogen) atoms. The summed E-state index contributed by atoms with van der Waals surface area (Å²) < 4.78 is 10.7. The van der Waals surface area contributed by atoms with E-state index < -0.39 is 0 Å². The second-order valence-corrected chi connectivity index (χ2v) is 4.33. The fourth-order valence-electron chi connectivity index (χ4n) is 2.19. The van der Waals surface area contributed by atoms with Crippen LogP contribution in [0.4, 0.5) is 0 Å². The third kappa shape index (κ3) is 3.47. The van der Waals surface area contributed by atoms with Crippen molar-refractivity contribution < 1.29 is 14.3 Å². The van der Waals surface area contributed by atoms with Crippen LogP contribution in [0.1, 0.15) is 32.1 Å². The maximum absolute atomic E-state index is 11.5. The molecule has 1 atom stereocenters. The van der Waals surface area contributed by atoms with Crippen LogP contribution in [0.2, 0.25) is 0 Å². The van der Waals surface area contributed by atoms with Gasteiger partial charge in [0.15, 0.2) is 0 Å². The fraction of sp³-hybridized carbons (Fsp3) is 0.909. The first kappa shape index (κ1) is 10.9. The number of carbonyl (C=O) groups is 1. The van der Waals surface area contributed by atoms with E-state index >= 15 is 0 Å². The lowest BCUT2D eigenvalue weighted by atomic mass is 10.2. The van der Waals surface area contributed by atoms with Crippen molar-refractivity contribution in [2.75, 3.05) is 19.8 Å². The summed E-state index contributed by atoms with van der Waals surface area (Å²) in [6.45, 7) is 2.20. The number of carbonyl (C=O) groups excluding carboxylic acids is 1. The number of hydrogen-bond donors (Lipinski definition) is 1. The molecule has 0 aromatic heterocycles. The van der Waals surface area contributed by atoms with Crippen molar-refractivity contribution in [1.29, 1.82) is 0 Å². The number of rotatable bonds is 3. The average Bonchev–Trinajstić information content (AvgIpc) is 2.71. The van der Waals surface area contributed by atoms with Crippen molar-refractivity contribution >= 4 is 5.97 Å². The standard InChI is InChI=1S/C11H19NO3/c13-11(15-10-3-1-2-4-10)7-9-8-14-6-5-12-9/h9-10,12H,1-8H2. The van der Waals surface area contributed by atoms with Crippen LogP contribution in [-0.2, 0) is 14.3 Å². The normalized spacial score (nSPS) is 27.9. The molecule has 1 aliphatic heterocycles. The Morgan fingerprint density at radius 1 is 1.40 bits per heavy atom. The third-order valence-electron chi connectivity index (χ3n) is 3.01. The molecule has 0 spiro atoms. The molecular formula is C11H19NO3. The van der Waals surface area contributed by atoms with Gasteiger partial charge in [-0.2, -0.15) is 0 Å². The summed E-state index contributed by atoms with van der Waals surface area (Å²) in [4.78, 5) is 11.5. The number of ether oxygens (including phenoxy) is 2. The van der Waals surface area contributed by atoms with Gasteiger partial charge in [0.1, 0.15) is 6.10 Å². The monoisotopic (exact) mass is 213 g/mol. The molecule has 4 nitrogen and oxygen atoms in total. The molecule has 1 saturated heterocycles. The average molecular weight is 213 g/mol. The van der Waals surface area contributed by atoms with Crippen LogP contribution in [-0.4, -0.2) is 37.9 Å². The van der Waals surface area contributed by atoms with Gasteiger partial charge in [-0.1, -0.05) is 0 Å². The first-order valence-corrected chi connectivity index (χ1v) is 5.85. The minimum atomic E-state index is -0.0788. The van der Waals surface area contributed by atoms with E-state index in [-0.39, 0.29) is 18.1 Å². The molecule has 0 amide bonds. The summed E-state index contributed by atoms with van der Waals surface area (Å²) in [5, 5.41) is 3.25. The van der Waals surface area contributed by atoms with Crippen molar-refractivity contribution in [3.05, 3.63) is 0 Å². The molecular weight excluding hydrogens is 194 g/mol. The van der Waals surface area contributed by atoms with Gasteiger partial charge in [-0.05, 0) is 25.7 Å². The predicted molar refractivity (Wildman–Crippen MR) is 55.6 cm³/mol. The topological polar surface area (TPSA) is 47.6 Å². The Balaban J connectivity index is 1.66. The lowest BCUT2D eigenvalue weighted by Crippen LogP contribution is -2.42. The predicted octanol–water partition coefficient (Wildman–Crippen LogP) is 0.851. The lowest BCUT2D eigenvalue weighted by molar-refractivity contribution is -0.150. The highest BCUT2D eigenvalue weighted by Gasteiger charge is 2.22. The Bertz CT molecular complexity index is 208. The molecule has 4 heteroatoms. The molecule has 1 saturated carbocycles. The van der Waals surface area contributed by atoms with Gasteiger partial charge in [0, 0.05) is 12.6 Å². The highest BCUT2D eigenvalue weighted by molar-refractivity contribution is 5.70. The zero-order chi connectivity index (χ0) is 10.5. The Kier molecular flexibility index (Phi) is 3.97. The van der Waals surface area contributed by atoms with Gasteiger partial charge in [0.05, 0.1) is 19.6 Å². The summed E-state index contributed by atoms with van der Waals surface area (Å²) in [5.41, 5.74) is 0. The minimum absolute atomic E-state index is 0.0788. The molecule has 0 aromatic rings. The van der Waals surface area contributed by atoms with E-state index in [2.05, 4.69) is 5.32 Å². The van der Waals surface area contributed by atoms with Gasteiger partial charge in [0.25, 0.3) is 0 Å². The summed E-state index contributed by atoms with van der Waals surface area (Å²) in [6.07, 6.45) is 5.10. The zero-order valence-corrected chi connectivity index (χ0v) is 9.04. The van der Waals surface area contributed by atoms with Gasteiger partial charge in [0.2, 0.25) is 0 Å². The second kappa shape index (κ2) is 5.47.